The molecule has 4 nitrogen and oxygen atoms in total. The Hall–Kier alpha value is -3.11. The average molecular weight is 344 g/mol. The van der Waals surface area contributed by atoms with E-state index < -0.39 is 6.10 Å². The Morgan fingerprint density at radius 2 is 1.85 bits per heavy atom. The Bertz CT molecular complexity index is 1070. The zero-order chi connectivity index (χ0) is 18.1. The van der Waals surface area contributed by atoms with E-state index in [2.05, 4.69) is 33.8 Å². The van der Waals surface area contributed by atoms with Crippen LogP contribution in [0.2, 0.25) is 0 Å². The van der Waals surface area contributed by atoms with Crippen molar-refractivity contribution in [1.82, 2.24) is 9.55 Å². The second-order valence-electron chi connectivity index (χ2n) is 6.29. The van der Waals surface area contributed by atoms with Crippen LogP contribution in [0.25, 0.3) is 27.8 Å². The van der Waals surface area contributed by atoms with Crippen LogP contribution < -0.4 is 4.74 Å². The minimum absolute atomic E-state index is 0.501. The summed E-state index contributed by atoms with van der Waals surface area (Å²) in [5, 5.41) is 9.77. The van der Waals surface area contributed by atoms with Gasteiger partial charge in [-0.1, -0.05) is 36.4 Å². The van der Waals surface area contributed by atoms with E-state index in [0.717, 1.165) is 39.2 Å². The van der Waals surface area contributed by atoms with Crippen LogP contribution in [0.3, 0.4) is 0 Å². The number of para-hydroxylation sites is 1. The summed E-state index contributed by atoms with van der Waals surface area (Å²) in [6, 6.07) is 22.2. The number of ether oxygens (including phenoxy) is 1. The number of hydrogen-bond donors (Lipinski definition) is 1. The maximum atomic E-state index is 9.77. The zero-order valence-corrected chi connectivity index (χ0v) is 14.8. The van der Waals surface area contributed by atoms with E-state index in [0.29, 0.717) is 0 Å². The Morgan fingerprint density at radius 1 is 1.00 bits per heavy atom. The first-order valence-electron chi connectivity index (χ1n) is 8.56. The van der Waals surface area contributed by atoms with Crippen LogP contribution in [0.15, 0.2) is 73.1 Å². The lowest BCUT2D eigenvalue weighted by Gasteiger charge is -2.11. The van der Waals surface area contributed by atoms with Crippen LogP contribution in [0.4, 0.5) is 0 Å². The SMILES string of the molecule is COc1ccccc1-c1cccc(-n2cnc3cc(C(C)O)ccc32)c1. The van der Waals surface area contributed by atoms with Crippen LogP contribution in [-0.4, -0.2) is 21.8 Å². The van der Waals surface area contributed by atoms with Crippen LogP contribution in [0.1, 0.15) is 18.6 Å². The van der Waals surface area contributed by atoms with Gasteiger partial charge in [-0.05, 0) is 48.4 Å². The monoisotopic (exact) mass is 344 g/mol. The molecule has 0 aliphatic heterocycles. The molecule has 1 unspecified atom stereocenters. The normalized spacial score (nSPS) is 12.3. The van der Waals surface area contributed by atoms with Gasteiger partial charge in [-0.15, -0.1) is 0 Å². The highest BCUT2D eigenvalue weighted by molar-refractivity contribution is 5.79. The van der Waals surface area contributed by atoms with Crippen molar-refractivity contribution in [3.8, 4) is 22.6 Å². The molecule has 1 atom stereocenters. The molecule has 0 aliphatic rings. The summed E-state index contributed by atoms with van der Waals surface area (Å²) < 4.78 is 7.55. The average Bonchev–Trinajstić information content (AvgIpc) is 3.11. The van der Waals surface area contributed by atoms with Crippen molar-refractivity contribution in [3.63, 3.8) is 0 Å². The third-order valence-corrected chi connectivity index (χ3v) is 4.60. The predicted molar refractivity (Wildman–Crippen MR) is 104 cm³/mol. The topological polar surface area (TPSA) is 47.3 Å². The number of aromatic nitrogens is 2. The highest BCUT2D eigenvalue weighted by Crippen LogP contribution is 2.31. The van der Waals surface area contributed by atoms with E-state index in [1.807, 2.05) is 48.8 Å². The Balaban J connectivity index is 1.81. The summed E-state index contributed by atoms with van der Waals surface area (Å²) in [6.45, 7) is 1.76. The molecule has 4 rings (SSSR count). The fraction of sp³-hybridized carbons (Fsp3) is 0.136. The molecule has 0 amide bonds. The van der Waals surface area contributed by atoms with E-state index in [1.54, 1.807) is 14.0 Å². The van der Waals surface area contributed by atoms with E-state index >= 15 is 0 Å². The maximum absolute atomic E-state index is 9.77. The predicted octanol–water partition coefficient (Wildman–Crippen LogP) is 4.75. The number of aliphatic hydroxyl groups excluding tert-OH is 1. The Morgan fingerprint density at radius 3 is 2.65 bits per heavy atom. The lowest BCUT2D eigenvalue weighted by atomic mass is 10.0. The van der Waals surface area contributed by atoms with Crippen molar-refractivity contribution in [1.29, 1.82) is 0 Å². The molecule has 1 N–H and O–H groups in total. The van der Waals surface area contributed by atoms with Crippen LogP contribution in [-0.2, 0) is 0 Å². The van der Waals surface area contributed by atoms with Gasteiger partial charge in [0.2, 0.25) is 0 Å². The number of hydrogen-bond acceptors (Lipinski definition) is 3. The quantitative estimate of drug-likeness (QED) is 0.581. The van der Waals surface area contributed by atoms with Crippen molar-refractivity contribution < 1.29 is 9.84 Å². The molecule has 4 heteroatoms. The molecule has 0 radical (unpaired) electrons. The third-order valence-electron chi connectivity index (χ3n) is 4.60. The van der Waals surface area contributed by atoms with E-state index in [1.165, 1.54) is 0 Å². The molecular weight excluding hydrogens is 324 g/mol. The van der Waals surface area contributed by atoms with Crippen molar-refractivity contribution in [3.05, 3.63) is 78.6 Å². The minimum atomic E-state index is -0.501. The van der Waals surface area contributed by atoms with Crippen molar-refractivity contribution in [2.45, 2.75) is 13.0 Å². The van der Waals surface area contributed by atoms with Gasteiger partial charge in [0, 0.05) is 11.3 Å². The molecule has 0 saturated carbocycles. The number of nitrogens with zero attached hydrogens (tertiary/aromatic N) is 2. The van der Waals surface area contributed by atoms with Crippen molar-refractivity contribution in [2.75, 3.05) is 7.11 Å². The summed E-state index contributed by atoms with van der Waals surface area (Å²) in [5.74, 6) is 0.849. The second kappa shape index (κ2) is 6.65. The molecule has 130 valence electrons. The van der Waals surface area contributed by atoms with E-state index in [-0.39, 0.29) is 0 Å². The van der Waals surface area contributed by atoms with Gasteiger partial charge in [0.1, 0.15) is 12.1 Å². The summed E-state index contributed by atoms with van der Waals surface area (Å²) in [4.78, 5) is 4.50. The molecule has 0 aliphatic carbocycles. The molecule has 0 spiro atoms. The number of rotatable bonds is 4. The first kappa shape index (κ1) is 16.4. The van der Waals surface area contributed by atoms with Gasteiger partial charge in [0.25, 0.3) is 0 Å². The largest absolute Gasteiger partial charge is 0.496 e. The second-order valence-corrected chi connectivity index (χ2v) is 6.29. The summed E-state index contributed by atoms with van der Waals surface area (Å²) in [5.41, 5.74) is 5.91. The third kappa shape index (κ3) is 2.85. The Kier molecular flexibility index (Phi) is 4.19. The Labute approximate surface area is 152 Å². The van der Waals surface area contributed by atoms with Gasteiger partial charge in [0.05, 0.1) is 24.2 Å². The van der Waals surface area contributed by atoms with E-state index in [4.69, 9.17) is 4.74 Å². The smallest absolute Gasteiger partial charge is 0.126 e. The number of methoxy groups -OCH3 is 1. The summed E-state index contributed by atoms with van der Waals surface area (Å²) in [7, 11) is 1.69. The van der Waals surface area contributed by atoms with Crippen LogP contribution >= 0.6 is 0 Å². The number of imidazole rings is 1. The molecule has 0 saturated heterocycles. The standard InChI is InChI=1S/C22H20N2O2/c1-15(25)16-10-11-21-20(13-16)23-14-24(21)18-7-5-6-17(12-18)19-8-3-4-9-22(19)26-2/h3-15,25H,1-2H3. The fourth-order valence-electron chi connectivity index (χ4n) is 3.20. The zero-order valence-electron chi connectivity index (χ0n) is 14.8. The highest BCUT2D eigenvalue weighted by atomic mass is 16.5. The molecule has 3 aromatic carbocycles. The fourth-order valence-corrected chi connectivity index (χ4v) is 3.20. The number of aliphatic hydroxyl groups is 1. The van der Waals surface area contributed by atoms with Gasteiger partial charge < -0.3 is 9.84 Å². The molecule has 0 bridgehead atoms. The van der Waals surface area contributed by atoms with Gasteiger partial charge in [-0.3, -0.25) is 4.57 Å². The maximum Gasteiger partial charge on any atom is 0.126 e. The van der Waals surface area contributed by atoms with Crippen LogP contribution in [0, 0.1) is 0 Å². The molecular formula is C22H20N2O2. The molecule has 26 heavy (non-hydrogen) atoms. The molecule has 1 aromatic heterocycles. The summed E-state index contributed by atoms with van der Waals surface area (Å²) >= 11 is 0. The van der Waals surface area contributed by atoms with Gasteiger partial charge in [-0.2, -0.15) is 0 Å². The first-order valence-corrected chi connectivity index (χ1v) is 8.56. The molecule has 1 heterocycles. The van der Waals surface area contributed by atoms with Gasteiger partial charge in [0.15, 0.2) is 0 Å². The number of benzene rings is 3. The number of fused-ring (bicyclic) bond motifs is 1. The minimum Gasteiger partial charge on any atom is -0.496 e. The summed E-state index contributed by atoms with van der Waals surface area (Å²) in [6.07, 6.45) is 1.32. The van der Waals surface area contributed by atoms with E-state index in [9.17, 15) is 5.11 Å². The van der Waals surface area contributed by atoms with Gasteiger partial charge in [-0.25, -0.2) is 4.98 Å². The van der Waals surface area contributed by atoms with Crippen molar-refractivity contribution >= 4 is 11.0 Å². The lowest BCUT2D eigenvalue weighted by molar-refractivity contribution is 0.199. The molecule has 4 aromatic rings. The first-order chi connectivity index (χ1) is 12.7. The van der Waals surface area contributed by atoms with Gasteiger partial charge >= 0.3 is 0 Å². The van der Waals surface area contributed by atoms with Crippen LogP contribution in [0.5, 0.6) is 5.75 Å². The highest BCUT2D eigenvalue weighted by Gasteiger charge is 2.10. The lowest BCUT2D eigenvalue weighted by Crippen LogP contribution is -1.94. The molecule has 0 fully saturated rings. The van der Waals surface area contributed by atoms with Crippen molar-refractivity contribution in [2.24, 2.45) is 0 Å².